The van der Waals surface area contributed by atoms with Gasteiger partial charge in [0.25, 0.3) is 0 Å². The van der Waals surface area contributed by atoms with Crippen LogP contribution < -0.4 is 5.73 Å². The van der Waals surface area contributed by atoms with Crippen LogP contribution in [0.2, 0.25) is 0 Å². The Balaban J connectivity index is 1.82. The predicted octanol–water partition coefficient (Wildman–Crippen LogP) is 1.13. The summed E-state index contributed by atoms with van der Waals surface area (Å²) in [4.78, 5) is 2.39. The molecule has 0 aliphatic carbocycles. The van der Waals surface area contributed by atoms with Gasteiger partial charge >= 0.3 is 0 Å². The highest BCUT2D eigenvalue weighted by molar-refractivity contribution is 5.51. The molecule has 20 heavy (non-hydrogen) atoms. The summed E-state index contributed by atoms with van der Waals surface area (Å²) in [6, 6.07) is 3.30. The maximum atomic E-state index is 10.1. The summed E-state index contributed by atoms with van der Waals surface area (Å²) in [6.07, 6.45) is 2.95. The summed E-state index contributed by atoms with van der Waals surface area (Å²) in [7, 11) is 0. The highest BCUT2D eigenvalue weighted by atomic mass is 16.5. The monoisotopic (exact) mass is 278 g/mol. The lowest BCUT2D eigenvalue weighted by Gasteiger charge is -2.34. The van der Waals surface area contributed by atoms with Crippen LogP contribution in [-0.2, 0) is 11.2 Å². The molecule has 0 saturated carbocycles. The van der Waals surface area contributed by atoms with Crippen molar-refractivity contribution in [2.24, 2.45) is 5.73 Å². The minimum Gasteiger partial charge on any atom is -0.504 e. The van der Waals surface area contributed by atoms with Gasteiger partial charge in [-0.3, -0.25) is 0 Å². The summed E-state index contributed by atoms with van der Waals surface area (Å²) < 4.78 is 6.06. The van der Waals surface area contributed by atoms with Gasteiger partial charge in [0, 0.05) is 25.1 Å². The van der Waals surface area contributed by atoms with Crippen LogP contribution in [0.4, 0.5) is 0 Å². The van der Waals surface area contributed by atoms with Crippen molar-refractivity contribution in [2.45, 2.75) is 31.5 Å². The molecular formula is C15H22N2O3. The molecule has 1 aromatic rings. The van der Waals surface area contributed by atoms with Crippen LogP contribution in [0.5, 0.6) is 11.5 Å². The van der Waals surface area contributed by atoms with Crippen molar-refractivity contribution in [3.05, 3.63) is 23.3 Å². The Morgan fingerprint density at radius 1 is 1.25 bits per heavy atom. The van der Waals surface area contributed by atoms with Gasteiger partial charge in [-0.15, -0.1) is 0 Å². The molecule has 1 fully saturated rings. The van der Waals surface area contributed by atoms with Crippen molar-refractivity contribution in [1.29, 1.82) is 0 Å². The molecule has 0 bridgehead atoms. The van der Waals surface area contributed by atoms with Gasteiger partial charge in [0.1, 0.15) is 0 Å². The molecule has 1 aromatic carbocycles. The summed E-state index contributed by atoms with van der Waals surface area (Å²) in [5.41, 5.74) is 7.48. The first-order chi connectivity index (χ1) is 9.69. The van der Waals surface area contributed by atoms with Crippen molar-refractivity contribution >= 4 is 0 Å². The molecule has 5 nitrogen and oxygen atoms in total. The Hall–Kier alpha value is -1.30. The van der Waals surface area contributed by atoms with Gasteiger partial charge in [-0.2, -0.15) is 0 Å². The van der Waals surface area contributed by atoms with E-state index in [1.54, 1.807) is 6.07 Å². The van der Waals surface area contributed by atoms with Gasteiger partial charge < -0.3 is 25.6 Å². The number of hydrogen-bond donors (Lipinski definition) is 3. The first-order valence-corrected chi connectivity index (χ1v) is 7.30. The van der Waals surface area contributed by atoms with E-state index in [-0.39, 0.29) is 23.7 Å². The highest BCUT2D eigenvalue weighted by Gasteiger charge is 2.31. The predicted molar refractivity (Wildman–Crippen MR) is 75.8 cm³/mol. The Morgan fingerprint density at radius 3 is 2.70 bits per heavy atom. The standard InChI is InChI=1S/C15H22N2O3/c16-8-14-11-3-4-13(18)15(19)12(11)7-10(20-14)9-17-5-1-2-6-17/h3-4,10,14,18-19H,1-2,5-9,16H2. The minimum atomic E-state index is -0.196. The number of aromatic hydroxyl groups is 2. The largest absolute Gasteiger partial charge is 0.504 e. The molecule has 0 spiro atoms. The number of likely N-dealkylation sites (tertiary alicyclic amines) is 1. The smallest absolute Gasteiger partial charge is 0.161 e. The van der Waals surface area contributed by atoms with E-state index in [4.69, 9.17) is 10.5 Å². The normalized spacial score (nSPS) is 26.6. The lowest BCUT2D eigenvalue weighted by atomic mass is 9.92. The average molecular weight is 278 g/mol. The van der Waals surface area contributed by atoms with Crippen LogP contribution in [0.1, 0.15) is 30.1 Å². The Kier molecular flexibility index (Phi) is 3.83. The zero-order chi connectivity index (χ0) is 14.1. The summed E-state index contributed by atoms with van der Waals surface area (Å²) in [5, 5.41) is 19.7. The Bertz CT molecular complexity index is 486. The molecule has 4 N–H and O–H groups in total. The molecule has 0 aromatic heterocycles. The van der Waals surface area contributed by atoms with Gasteiger partial charge in [0.2, 0.25) is 0 Å². The van der Waals surface area contributed by atoms with Crippen molar-refractivity contribution in [3.8, 4) is 11.5 Å². The minimum absolute atomic E-state index is 0.0179. The Morgan fingerprint density at radius 2 is 2.00 bits per heavy atom. The number of nitrogens with zero attached hydrogens (tertiary/aromatic N) is 1. The number of hydrogen-bond acceptors (Lipinski definition) is 5. The zero-order valence-electron chi connectivity index (χ0n) is 11.6. The topological polar surface area (TPSA) is 79.0 Å². The van der Waals surface area contributed by atoms with Gasteiger partial charge in [-0.1, -0.05) is 6.07 Å². The molecule has 1 saturated heterocycles. The van der Waals surface area contributed by atoms with Gasteiger partial charge in [-0.25, -0.2) is 0 Å². The van der Waals surface area contributed by atoms with Crippen LogP contribution in [0.25, 0.3) is 0 Å². The van der Waals surface area contributed by atoms with Crippen molar-refractivity contribution in [3.63, 3.8) is 0 Å². The van der Waals surface area contributed by atoms with Crippen molar-refractivity contribution < 1.29 is 14.9 Å². The van der Waals surface area contributed by atoms with Crippen molar-refractivity contribution in [2.75, 3.05) is 26.2 Å². The number of fused-ring (bicyclic) bond motifs is 1. The van der Waals surface area contributed by atoms with Crippen molar-refractivity contribution in [1.82, 2.24) is 4.90 Å². The quantitative estimate of drug-likeness (QED) is 0.723. The van der Waals surface area contributed by atoms with Crippen LogP contribution in [0.15, 0.2) is 12.1 Å². The fourth-order valence-corrected chi connectivity index (χ4v) is 3.28. The van der Waals surface area contributed by atoms with Crippen LogP contribution in [-0.4, -0.2) is 47.4 Å². The first-order valence-electron chi connectivity index (χ1n) is 7.30. The third kappa shape index (κ3) is 2.49. The maximum Gasteiger partial charge on any atom is 0.161 e. The molecule has 2 aliphatic rings. The SMILES string of the molecule is NCC1OC(CN2CCCC2)Cc2c1ccc(O)c2O. The van der Waals surface area contributed by atoms with E-state index in [9.17, 15) is 10.2 Å². The average Bonchev–Trinajstić information content (AvgIpc) is 2.95. The first kappa shape index (κ1) is 13.7. The molecular weight excluding hydrogens is 256 g/mol. The molecule has 2 aliphatic heterocycles. The molecule has 0 radical (unpaired) electrons. The molecule has 110 valence electrons. The lowest BCUT2D eigenvalue weighted by Crippen LogP contribution is -2.38. The number of phenolic OH excluding ortho intramolecular Hbond substituents is 2. The van der Waals surface area contributed by atoms with E-state index < -0.39 is 0 Å². The molecule has 5 heteroatoms. The fourth-order valence-electron chi connectivity index (χ4n) is 3.28. The van der Waals surface area contributed by atoms with E-state index in [0.29, 0.717) is 13.0 Å². The lowest BCUT2D eigenvalue weighted by molar-refractivity contribution is -0.0347. The van der Waals surface area contributed by atoms with Gasteiger partial charge in [-0.05, 0) is 37.6 Å². The summed E-state index contributed by atoms with van der Waals surface area (Å²) in [6.45, 7) is 3.48. The third-order valence-corrected chi connectivity index (χ3v) is 4.31. The molecule has 2 unspecified atom stereocenters. The van der Waals surface area contributed by atoms with Gasteiger partial charge in [0.05, 0.1) is 12.2 Å². The highest BCUT2D eigenvalue weighted by Crippen LogP contribution is 2.39. The number of nitrogens with two attached hydrogens (primary N) is 1. The fraction of sp³-hybridized carbons (Fsp3) is 0.600. The second-order valence-corrected chi connectivity index (χ2v) is 5.70. The molecule has 0 amide bonds. The molecule has 2 atom stereocenters. The van der Waals surface area contributed by atoms with E-state index in [0.717, 1.165) is 30.8 Å². The summed E-state index contributed by atoms with van der Waals surface area (Å²) in [5.74, 6) is -0.0861. The third-order valence-electron chi connectivity index (χ3n) is 4.31. The number of rotatable bonds is 3. The number of ether oxygens (including phenoxy) is 1. The maximum absolute atomic E-state index is 10.1. The van der Waals surface area contributed by atoms with Crippen LogP contribution >= 0.6 is 0 Å². The van der Waals surface area contributed by atoms with E-state index >= 15 is 0 Å². The van der Waals surface area contributed by atoms with E-state index in [1.165, 1.54) is 18.9 Å². The molecule has 3 rings (SSSR count). The van der Waals surface area contributed by atoms with E-state index in [1.807, 2.05) is 0 Å². The van der Waals surface area contributed by atoms with Crippen LogP contribution in [0.3, 0.4) is 0 Å². The van der Waals surface area contributed by atoms with E-state index in [2.05, 4.69) is 4.90 Å². The van der Waals surface area contributed by atoms with Gasteiger partial charge in [0.15, 0.2) is 11.5 Å². The zero-order valence-corrected chi connectivity index (χ0v) is 11.6. The number of benzene rings is 1. The summed E-state index contributed by atoms with van der Waals surface area (Å²) >= 11 is 0. The second kappa shape index (κ2) is 5.60. The Labute approximate surface area is 119 Å². The second-order valence-electron chi connectivity index (χ2n) is 5.70. The number of phenols is 2. The van der Waals surface area contributed by atoms with Crippen LogP contribution in [0, 0.1) is 0 Å². The molecule has 2 heterocycles.